The second kappa shape index (κ2) is 6.29. The number of hydrogen-bond acceptors (Lipinski definition) is 5. The SMILES string of the molecule is COC1(c2noc(CCCO)n2)CCCCCC1. The number of hydrogen-bond donors (Lipinski definition) is 1. The predicted molar refractivity (Wildman–Crippen MR) is 66.1 cm³/mol. The van der Waals surface area contributed by atoms with Crippen LogP contribution in [-0.2, 0) is 16.8 Å². The number of rotatable bonds is 5. The van der Waals surface area contributed by atoms with Gasteiger partial charge in [-0.25, -0.2) is 0 Å². The molecule has 1 N–H and O–H groups in total. The molecule has 5 nitrogen and oxygen atoms in total. The molecule has 0 bridgehead atoms. The minimum atomic E-state index is -0.364. The van der Waals surface area contributed by atoms with Crippen molar-refractivity contribution >= 4 is 0 Å². The third-order valence-electron chi connectivity index (χ3n) is 3.73. The monoisotopic (exact) mass is 254 g/mol. The summed E-state index contributed by atoms with van der Waals surface area (Å²) in [6.45, 7) is 0.146. The number of aliphatic hydroxyl groups excluding tert-OH is 1. The van der Waals surface area contributed by atoms with E-state index in [4.69, 9.17) is 14.4 Å². The zero-order chi connectivity index (χ0) is 12.8. The summed E-state index contributed by atoms with van der Waals surface area (Å²) in [5, 5.41) is 12.9. The normalized spacial score (nSPS) is 19.7. The van der Waals surface area contributed by atoms with E-state index in [0.29, 0.717) is 24.6 Å². The quantitative estimate of drug-likeness (QED) is 0.816. The van der Waals surface area contributed by atoms with E-state index in [-0.39, 0.29) is 12.2 Å². The van der Waals surface area contributed by atoms with Crippen molar-refractivity contribution in [3.8, 4) is 0 Å². The molecule has 0 aromatic carbocycles. The zero-order valence-electron chi connectivity index (χ0n) is 11.0. The average molecular weight is 254 g/mol. The van der Waals surface area contributed by atoms with Crippen LogP contribution in [0.5, 0.6) is 0 Å². The molecule has 0 saturated heterocycles. The van der Waals surface area contributed by atoms with Crippen molar-refractivity contribution in [2.24, 2.45) is 0 Å². The molecule has 0 amide bonds. The van der Waals surface area contributed by atoms with Crippen LogP contribution in [0.15, 0.2) is 4.52 Å². The molecule has 0 atom stereocenters. The second-order valence-corrected chi connectivity index (χ2v) is 4.95. The molecule has 0 unspecified atom stereocenters. The summed E-state index contributed by atoms with van der Waals surface area (Å²) in [6.07, 6.45) is 8.00. The molecule has 102 valence electrons. The van der Waals surface area contributed by atoms with Crippen molar-refractivity contribution in [3.63, 3.8) is 0 Å². The molecule has 1 aromatic heterocycles. The Morgan fingerprint density at radius 2 is 2.00 bits per heavy atom. The van der Waals surface area contributed by atoms with Gasteiger partial charge in [0, 0.05) is 20.1 Å². The molecule has 2 rings (SSSR count). The fourth-order valence-corrected chi connectivity index (χ4v) is 2.59. The lowest BCUT2D eigenvalue weighted by atomic mass is 9.93. The molecule has 1 aromatic rings. The van der Waals surface area contributed by atoms with Crippen LogP contribution in [0.3, 0.4) is 0 Å². The predicted octanol–water partition coefficient (Wildman–Crippen LogP) is 2.19. The largest absolute Gasteiger partial charge is 0.396 e. The molecule has 1 fully saturated rings. The summed E-state index contributed by atoms with van der Waals surface area (Å²) in [5.74, 6) is 1.28. The van der Waals surface area contributed by atoms with Gasteiger partial charge in [0.1, 0.15) is 5.60 Å². The van der Waals surface area contributed by atoms with Crippen molar-refractivity contribution in [1.29, 1.82) is 0 Å². The van der Waals surface area contributed by atoms with Crippen molar-refractivity contribution in [3.05, 3.63) is 11.7 Å². The molecule has 1 saturated carbocycles. The van der Waals surface area contributed by atoms with Crippen LogP contribution < -0.4 is 0 Å². The first-order chi connectivity index (χ1) is 8.80. The highest BCUT2D eigenvalue weighted by molar-refractivity contribution is 5.02. The summed E-state index contributed by atoms with van der Waals surface area (Å²) in [6, 6.07) is 0. The van der Waals surface area contributed by atoms with Gasteiger partial charge >= 0.3 is 0 Å². The lowest BCUT2D eigenvalue weighted by molar-refractivity contribution is -0.0365. The highest BCUT2D eigenvalue weighted by atomic mass is 16.5. The molecule has 1 aliphatic rings. The average Bonchev–Trinajstić information content (AvgIpc) is 2.74. The Hall–Kier alpha value is -0.940. The topological polar surface area (TPSA) is 68.4 Å². The Morgan fingerprint density at radius 1 is 1.28 bits per heavy atom. The fraction of sp³-hybridized carbons (Fsp3) is 0.846. The van der Waals surface area contributed by atoms with Gasteiger partial charge in [-0.3, -0.25) is 0 Å². The standard InChI is InChI=1S/C13H22N2O3/c1-17-13(8-4-2-3-5-9-13)12-14-11(18-15-12)7-6-10-16/h16H,2-10H2,1H3. The third-order valence-corrected chi connectivity index (χ3v) is 3.73. The highest BCUT2D eigenvalue weighted by Gasteiger charge is 2.37. The Kier molecular flexibility index (Phi) is 4.72. The number of nitrogens with zero attached hydrogens (tertiary/aromatic N) is 2. The minimum Gasteiger partial charge on any atom is -0.396 e. The van der Waals surface area contributed by atoms with Crippen molar-refractivity contribution in [1.82, 2.24) is 10.1 Å². The van der Waals surface area contributed by atoms with E-state index in [1.54, 1.807) is 7.11 Å². The van der Waals surface area contributed by atoms with Gasteiger partial charge in [-0.2, -0.15) is 4.98 Å². The summed E-state index contributed by atoms with van der Waals surface area (Å²) in [5.41, 5.74) is -0.364. The molecule has 18 heavy (non-hydrogen) atoms. The van der Waals surface area contributed by atoms with Crippen molar-refractivity contribution < 1.29 is 14.4 Å². The molecule has 0 aliphatic heterocycles. The number of aliphatic hydroxyl groups is 1. The maximum absolute atomic E-state index is 8.80. The number of aromatic nitrogens is 2. The Bertz CT molecular complexity index is 357. The van der Waals surface area contributed by atoms with Crippen LogP contribution in [-0.4, -0.2) is 29.0 Å². The van der Waals surface area contributed by atoms with Gasteiger partial charge in [0.15, 0.2) is 0 Å². The second-order valence-electron chi connectivity index (χ2n) is 4.95. The van der Waals surface area contributed by atoms with Gasteiger partial charge in [-0.05, 0) is 19.3 Å². The Labute approximate surface area is 108 Å². The van der Waals surface area contributed by atoms with Crippen LogP contribution >= 0.6 is 0 Å². The van der Waals surface area contributed by atoms with Crippen LogP contribution in [0.1, 0.15) is 56.7 Å². The van der Waals surface area contributed by atoms with Crippen molar-refractivity contribution in [2.45, 2.75) is 57.0 Å². The van der Waals surface area contributed by atoms with Gasteiger partial charge in [-0.1, -0.05) is 30.8 Å². The van der Waals surface area contributed by atoms with E-state index >= 15 is 0 Å². The maximum atomic E-state index is 8.80. The van der Waals surface area contributed by atoms with Crippen LogP contribution in [0.25, 0.3) is 0 Å². The number of aryl methyl sites for hydroxylation is 1. The van der Waals surface area contributed by atoms with Gasteiger partial charge in [-0.15, -0.1) is 0 Å². The van der Waals surface area contributed by atoms with Gasteiger partial charge in [0.05, 0.1) is 0 Å². The first-order valence-corrected chi connectivity index (χ1v) is 6.80. The van der Waals surface area contributed by atoms with Gasteiger partial charge in [0.25, 0.3) is 0 Å². The van der Waals surface area contributed by atoms with E-state index in [0.717, 1.165) is 25.7 Å². The minimum absolute atomic E-state index is 0.146. The van der Waals surface area contributed by atoms with Crippen LogP contribution in [0.2, 0.25) is 0 Å². The number of ether oxygens (including phenoxy) is 1. The lowest BCUT2D eigenvalue weighted by Gasteiger charge is -2.27. The molecule has 1 aliphatic carbocycles. The van der Waals surface area contributed by atoms with Crippen molar-refractivity contribution in [2.75, 3.05) is 13.7 Å². The van der Waals surface area contributed by atoms with Gasteiger partial charge in [0.2, 0.25) is 11.7 Å². The smallest absolute Gasteiger partial charge is 0.226 e. The summed E-state index contributed by atoms with van der Waals surface area (Å²) in [4.78, 5) is 4.44. The van der Waals surface area contributed by atoms with Crippen LogP contribution in [0.4, 0.5) is 0 Å². The van der Waals surface area contributed by atoms with E-state index < -0.39 is 0 Å². The first-order valence-electron chi connectivity index (χ1n) is 6.80. The molecular formula is C13H22N2O3. The molecular weight excluding hydrogens is 232 g/mol. The van der Waals surface area contributed by atoms with E-state index in [1.165, 1.54) is 12.8 Å². The molecule has 0 spiro atoms. The number of methoxy groups -OCH3 is 1. The van der Waals surface area contributed by atoms with Crippen LogP contribution in [0, 0.1) is 0 Å². The highest BCUT2D eigenvalue weighted by Crippen LogP contribution is 2.37. The van der Waals surface area contributed by atoms with E-state index in [2.05, 4.69) is 10.1 Å². The summed E-state index contributed by atoms with van der Waals surface area (Å²) >= 11 is 0. The van der Waals surface area contributed by atoms with E-state index in [9.17, 15) is 0 Å². The van der Waals surface area contributed by atoms with Gasteiger partial charge < -0.3 is 14.4 Å². The first kappa shape index (κ1) is 13.5. The Morgan fingerprint density at radius 3 is 2.61 bits per heavy atom. The third kappa shape index (κ3) is 2.90. The molecule has 1 heterocycles. The van der Waals surface area contributed by atoms with E-state index in [1.807, 2.05) is 0 Å². The molecule has 5 heteroatoms. The molecule has 0 radical (unpaired) electrons. The lowest BCUT2D eigenvalue weighted by Crippen LogP contribution is -2.29. The summed E-state index contributed by atoms with van der Waals surface area (Å²) in [7, 11) is 1.73. The maximum Gasteiger partial charge on any atom is 0.226 e. The fourth-order valence-electron chi connectivity index (χ4n) is 2.59. The summed E-state index contributed by atoms with van der Waals surface area (Å²) < 4.78 is 11.0. The Balaban J connectivity index is 2.12. The zero-order valence-corrected chi connectivity index (χ0v) is 11.0.